The van der Waals surface area contributed by atoms with E-state index in [1.54, 1.807) is 48.5 Å². The minimum absolute atomic E-state index is 0.0957. The van der Waals surface area contributed by atoms with Gasteiger partial charge >= 0.3 is 5.97 Å². The van der Waals surface area contributed by atoms with Crippen LogP contribution in [0.3, 0.4) is 0 Å². The molecule has 0 amide bonds. The van der Waals surface area contributed by atoms with Crippen molar-refractivity contribution in [2.45, 2.75) is 38.8 Å². The normalized spacial score (nSPS) is 10.9. The number of rotatable bonds is 8. The molecule has 0 aliphatic rings. The van der Waals surface area contributed by atoms with Crippen LogP contribution in [0.2, 0.25) is 6.04 Å². The van der Waals surface area contributed by atoms with Crippen LogP contribution >= 0.6 is 0 Å². The maximum absolute atomic E-state index is 12.2. The van der Waals surface area contributed by atoms with Gasteiger partial charge in [-0.3, -0.25) is 0 Å². The van der Waals surface area contributed by atoms with E-state index in [1.807, 2.05) is 26.8 Å². The zero-order valence-corrected chi connectivity index (χ0v) is 16.8. The van der Waals surface area contributed by atoms with Gasteiger partial charge in [-0.05, 0) is 81.8 Å². The van der Waals surface area contributed by atoms with Crippen molar-refractivity contribution in [3.05, 3.63) is 59.7 Å². The molecule has 0 fully saturated rings. The van der Waals surface area contributed by atoms with Crippen LogP contribution in [0.25, 0.3) is 0 Å². The molecule has 2 aromatic carbocycles. The topological polar surface area (TPSA) is 68.6 Å². The molecule has 0 unspecified atom stereocenters. The number of nitrogens with zero attached hydrogens (tertiary/aromatic N) is 1. The summed E-state index contributed by atoms with van der Waals surface area (Å²) in [6.45, 7) is 6.74. The Balaban J connectivity index is 1.75. The number of hydrogen-bond donors (Lipinski definition) is 0. The Bertz CT molecular complexity index is 774. The lowest BCUT2D eigenvalue weighted by Crippen LogP contribution is -2.21. The molecule has 0 aromatic heterocycles. The van der Waals surface area contributed by atoms with E-state index in [1.165, 1.54) is 0 Å². The highest BCUT2D eigenvalue weighted by molar-refractivity contribution is 6.27. The number of nitriles is 1. The largest absolute Gasteiger partial charge is 0.494 e. The van der Waals surface area contributed by atoms with Crippen LogP contribution in [0.15, 0.2) is 48.5 Å². The molecule has 140 valence electrons. The van der Waals surface area contributed by atoms with Gasteiger partial charge in [0, 0.05) is 5.60 Å². The summed E-state index contributed by atoms with van der Waals surface area (Å²) in [7, 11) is 0.472. The highest BCUT2D eigenvalue weighted by Crippen LogP contribution is 2.17. The van der Waals surface area contributed by atoms with Crippen LogP contribution in [0.1, 0.15) is 43.1 Å². The minimum Gasteiger partial charge on any atom is -0.494 e. The van der Waals surface area contributed by atoms with E-state index in [0.29, 0.717) is 39.0 Å². The summed E-state index contributed by atoms with van der Waals surface area (Å²) in [6, 6.07) is 16.2. The highest BCUT2D eigenvalue weighted by Gasteiger charge is 2.10. The molecule has 6 heteroatoms. The molecule has 0 heterocycles. The Labute approximate surface area is 162 Å². The van der Waals surface area contributed by atoms with Crippen LogP contribution in [0, 0.1) is 11.3 Å². The second-order valence-electron chi connectivity index (χ2n) is 6.86. The van der Waals surface area contributed by atoms with Crippen molar-refractivity contribution in [2.24, 2.45) is 0 Å². The molecule has 2 rings (SSSR count). The minimum atomic E-state index is -0.452. The van der Waals surface area contributed by atoms with Crippen molar-refractivity contribution < 1.29 is 18.7 Å². The van der Waals surface area contributed by atoms with E-state index in [9.17, 15) is 4.79 Å². The number of hydrogen-bond acceptors (Lipinski definition) is 5. The fraction of sp³-hybridized carbons (Fsp3) is 0.333. The monoisotopic (exact) mass is 381 g/mol. The predicted molar refractivity (Wildman–Crippen MR) is 104 cm³/mol. The lowest BCUT2D eigenvalue weighted by Gasteiger charge is -2.19. The van der Waals surface area contributed by atoms with Crippen LogP contribution in [-0.2, 0) is 4.43 Å². The van der Waals surface area contributed by atoms with Crippen molar-refractivity contribution in [1.29, 1.82) is 5.26 Å². The first kappa shape index (κ1) is 20.7. The molecule has 0 aliphatic heterocycles. The first-order valence-corrected chi connectivity index (χ1v) is 9.85. The van der Waals surface area contributed by atoms with Gasteiger partial charge in [0.15, 0.2) is 0 Å². The van der Waals surface area contributed by atoms with Gasteiger partial charge in [0.1, 0.15) is 11.5 Å². The molecular formula is C21H23NO4Si. The molecular weight excluding hydrogens is 358 g/mol. The van der Waals surface area contributed by atoms with Gasteiger partial charge in [0.2, 0.25) is 9.76 Å². The third kappa shape index (κ3) is 7.65. The molecule has 27 heavy (non-hydrogen) atoms. The fourth-order valence-electron chi connectivity index (χ4n) is 2.05. The second-order valence-corrected chi connectivity index (χ2v) is 7.85. The Morgan fingerprint density at radius 1 is 1.04 bits per heavy atom. The van der Waals surface area contributed by atoms with Crippen molar-refractivity contribution in [3.63, 3.8) is 0 Å². The summed E-state index contributed by atoms with van der Waals surface area (Å²) in [5, 5.41) is 8.78. The predicted octanol–water partition coefficient (Wildman–Crippen LogP) is 4.40. The van der Waals surface area contributed by atoms with Crippen molar-refractivity contribution >= 4 is 15.7 Å². The van der Waals surface area contributed by atoms with Crippen LogP contribution < -0.4 is 9.47 Å². The lowest BCUT2D eigenvalue weighted by atomic mass is 10.2. The second kappa shape index (κ2) is 9.90. The Morgan fingerprint density at radius 2 is 1.67 bits per heavy atom. The maximum atomic E-state index is 12.2. The summed E-state index contributed by atoms with van der Waals surface area (Å²) in [5.41, 5.74) is 0.857. The summed E-state index contributed by atoms with van der Waals surface area (Å²) >= 11 is 0. The SMILES string of the molecule is CC(C)(C)O[Si]CCCOc1ccc(C(=O)Oc2ccc(C#N)cc2)cc1. The Hall–Kier alpha value is -2.62. The highest BCUT2D eigenvalue weighted by atomic mass is 28.2. The molecule has 0 bridgehead atoms. The van der Waals surface area contributed by atoms with Crippen molar-refractivity contribution in [3.8, 4) is 17.6 Å². The van der Waals surface area contributed by atoms with Crippen molar-refractivity contribution in [2.75, 3.05) is 6.61 Å². The molecule has 2 aromatic rings. The van der Waals surface area contributed by atoms with Gasteiger partial charge in [0.05, 0.1) is 23.8 Å². The van der Waals surface area contributed by atoms with Gasteiger partial charge in [-0.25, -0.2) is 4.79 Å². The average molecular weight is 382 g/mol. The first-order chi connectivity index (χ1) is 12.9. The molecule has 0 saturated heterocycles. The molecule has 0 spiro atoms. The lowest BCUT2D eigenvalue weighted by molar-refractivity contribution is 0.0734. The van der Waals surface area contributed by atoms with E-state index < -0.39 is 5.97 Å². The third-order valence-corrected chi connectivity index (χ3v) is 4.67. The summed E-state index contributed by atoms with van der Waals surface area (Å²) in [5.74, 6) is 0.661. The molecule has 0 aliphatic carbocycles. The van der Waals surface area contributed by atoms with Gasteiger partial charge in [-0.15, -0.1) is 0 Å². The van der Waals surface area contributed by atoms with E-state index in [-0.39, 0.29) is 5.60 Å². The first-order valence-electron chi connectivity index (χ1n) is 8.73. The summed E-state index contributed by atoms with van der Waals surface area (Å²) in [4.78, 5) is 12.2. The molecule has 0 saturated carbocycles. The zero-order chi connectivity index (χ0) is 19.7. The molecule has 0 N–H and O–H groups in total. The van der Waals surface area contributed by atoms with Crippen molar-refractivity contribution in [1.82, 2.24) is 0 Å². The number of carbonyl (C=O) groups excluding carboxylic acids is 1. The number of esters is 1. The number of carbonyl (C=O) groups is 1. The maximum Gasteiger partial charge on any atom is 0.343 e. The van der Waals surface area contributed by atoms with Crippen LogP contribution in [0.5, 0.6) is 11.5 Å². The van der Waals surface area contributed by atoms with E-state index in [4.69, 9.17) is 19.2 Å². The van der Waals surface area contributed by atoms with E-state index in [0.717, 1.165) is 12.5 Å². The smallest absolute Gasteiger partial charge is 0.343 e. The Kier molecular flexibility index (Phi) is 7.59. The quantitative estimate of drug-likeness (QED) is 0.293. The van der Waals surface area contributed by atoms with E-state index in [2.05, 4.69) is 0 Å². The molecule has 2 radical (unpaired) electrons. The molecule has 5 nitrogen and oxygen atoms in total. The summed E-state index contributed by atoms with van der Waals surface area (Å²) < 4.78 is 16.7. The van der Waals surface area contributed by atoms with Gasteiger partial charge in [-0.2, -0.15) is 5.26 Å². The third-order valence-electron chi connectivity index (χ3n) is 3.35. The number of ether oxygens (including phenoxy) is 2. The van der Waals surface area contributed by atoms with Crippen LogP contribution in [0.4, 0.5) is 0 Å². The van der Waals surface area contributed by atoms with Crippen LogP contribution in [-0.4, -0.2) is 27.9 Å². The zero-order valence-electron chi connectivity index (χ0n) is 15.8. The standard InChI is InChI=1S/C21H23NO4Si/c1-21(2,3)26-27-14-4-13-24-18-11-7-17(8-12-18)20(23)25-19-9-5-16(15-22)6-10-19/h5-12H,4,13-14H2,1-3H3. The van der Waals surface area contributed by atoms with Gasteiger partial charge < -0.3 is 13.9 Å². The average Bonchev–Trinajstić information content (AvgIpc) is 2.65. The molecule has 0 atom stereocenters. The van der Waals surface area contributed by atoms with Gasteiger partial charge in [-0.1, -0.05) is 0 Å². The Morgan fingerprint density at radius 3 is 2.26 bits per heavy atom. The van der Waals surface area contributed by atoms with E-state index >= 15 is 0 Å². The summed E-state index contributed by atoms with van der Waals surface area (Å²) in [6.07, 6.45) is 0.914. The van der Waals surface area contributed by atoms with Gasteiger partial charge in [0.25, 0.3) is 0 Å². The fourth-order valence-corrected chi connectivity index (χ4v) is 2.88. The number of benzene rings is 2.